The molecule has 0 aliphatic heterocycles. The van der Waals surface area contributed by atoms with Crippen LogP contribution in [0.5, 0.6) is 0 Å². The average molecular weight is 202 g/mol. The van der Waals surface area contributed by atoms with Crippen LogP contribution < -0.4 is 0 Å². The van der Waals surface area contributed by atoms with Crippen molar-refractivity contribution in [3.63, 3.8) is 0 Å². The van der Waals surface area contributed by atoms with E-state index in [9.17, 15) is 4.79 Å². The molecule has 15 heavy (non-hydrogen) atoms. The second-order valence-electron chi connectivity index (χ2n) is 3.22. The first kappa shape index (κ1) is 9.51. The third-order valence-corrected chi connectivity index (χ3v) is 2.00. The van der Waals surface area contributed by atoms with Crippen molar-refractivity contribution >= 4 is 5.78 Å². The van der Waals surface area contributed by atoms with Gasteiger partial charge in [0, 0.05) is 24.9 Å². The Hall–Kier alpha value is -2.04. The summed E-state index contributed by atoms with van der Waals surface area (Å²) in [7, 11) is 0. The van der Waals surface area contributed by atoms with Crippen molar-refractivity contribution in [2.45, 2.75) is 13.8 Å². The highest BCUT2D eigenvalue weighted by Crippen LogP contribution is 2.14. The molecule has 2 heterocycles. The van der Waals surface area contributed by atoms with Crippen molar-refractivity contribution < 1.29 is 4.79 Å². The highest BCUT2D eigenvalue weighted by molar-refractivity contribution is 5.90. The molecule has 0 radical (unpaired) electrons. The van der Waals surface area contributed by atoms with E-state index >= 15 is 0 Å². The lowest BCUT2D eigenvalue weighted by Crippen LogP contribution is -1.94. The predicted molar refractivity (Wildman–Crippen MR) is 54.4 cm³/mol. The van der Waals surface area contributed by atoms with Crippen LogP contribution in [-0.2, 0) is 0 Å². The molecular formula is C10H10N4O. The fourth-order valence-electron chi connectivity index (χ4n) is 1.18. The topological polar surface area (TPSA) is 71.5 Å². The van der Waals surface area contributed by atoms with Gasteiger partial charge in [-0.25, -0.2) is 15.0 Å². The smallest absolute Gasteiger partial charge is 0.194 e. The second kappa shape index (κ2) is 3.61. The first-order valence-electron chi connectivity index (χ1n) is 4.52. The Morgan fingerprint density at radius 3 is 2.40 bits per heavy atom. The van der Waals surface area contributed by atoms with Gasteiger partial charge in [-0.3, -0.25) is 4.79 Å². The Kier molecular flexibility index (Phi) is 2.29. The van der Waals surface area contributed by atoms with Gasteiger partial charge in [0.05, 0.1) is 11.9 Å². The molecule has 0 spiro atoms. The normalized spacial score (nSPS) is 10.3. The van der Waals surface area contributed by atoms with Gasteiger partial charge in [-0.2, -0.15) is 0 Å². The van der Waals surface area contributed by atoms with Crippen LogP contribution in [0.3, 0.4) is 0 Å². The van der Waals surface area contributed by atoms with Crippen molar-refractivity contribution in [1.29, 1.82) is 0 Å². The van der Waals surface area contributed by atoms with E-state index in [0.29, 0.717) is 11.6 Å². The highest BCUT2D eigenvalue weighted by atomic mass is 16.1. The summed E-state index contributed by atoms with van der Waals surface area (Å²) in [6, 6.07) is 0. The lowest BCUT2D eigenvalue weighted by atomic mass is 10.3. The number of nitrogens with zero attached hydrogens (tertiary/aromatic N) is 3. The Balaban J connectivity index is 2.37. The summed E-state index contributed by atoms with van der Waals surface area (Å²) < 4.78 is 0. The van der Waals surface area contributed by atoms with Gasteiger partial charge in [-0.15, -0.1) is 0 Å². The maximum absolute atomic E-state index is 11.0. The zero-order valence-electron chi connectivity index (χ0n) is 8.48. The zero-order chi connectivity index (χ0) is 10.8. The molecule has 0 aliphatic carbocycles. The summed E-state index contributed by atoms with van der Waals surface area (Å²) in [5, 5.41) is 0. The number of rotatable bonds is 2. The molecule has 5 nitrogen and oxygen atoms in total. The summed E-state index contributed by atoms with van der Waals surface area (Å²) in [6.07, 6.45) is 4.99. The molecule has 0 atom stereocenters. The van der Waals surface area contributed by atoms with Crippen LogP contribution >= 0.6 is 0 Å². The van der Waals surface area contributed by atoms with Gasteiger partial charge in [0.15, 0.2) is 11.6 Å². The average Bonchev–Trinajstić information content (AvgIpc) is 2.68. The molecule has 2 rings (SSSR count). The van der Waals surface area contributed by atoms with Crippen LogP contribution in [0.1, 0.15) is 23.4 Å². The summed E-state index contributed by atoms with van der Waals surface area (Å²) >= 11 is 0. The minimum atomic E-state index is -0.0886. The van der Waals surface area contributed by atoms with Crippen LogP contribution in [0.15, 0.2) is 18.6 Å². The molecule has 0 aliphatic rings. The van der Waals surface area contributed by atoms with Gasteiger partial charge in [0.25, 0.3) is 0 Å². The maximum atomic E-state index is 11.0. The zero-order valence-corrected chi connectivity index (χ0v) is 8.48. The number of aromatic nitrogens is 4. The monoisotopic (exact) mass is 202 g/mol. The molecule has 0 saturated carbocycles. The summed E-state index contributed by atoms with van der Waals surface area (Å²) in [4.78, 5) is 26.0. The van der Waals surface area contributed by atoms with Crippen molar-refractivity contribution in [2.75, 3.05) is 0 Å². The van der Waals surface area contributed by atoms with E-state index in [2.05, 4.69) is 19.9 Å². The summed E-state index contributed by atoms with van der Waals surface area (Å²) in [5.41, 5.74) is 1.57. The number of aryl methyl sites for hydroxylation is 1. The number of ketones is 1. The SMILES string of the molecule is CC(=O)c1ncc(-c2cnc(C)nc2)[nH]1. The molecule has 0 aromatic carbocycles. The molecule has 5 heteroatoms. The lowest BCUT2D eigenvalue weighted by molar-refractivity contribution is 0.100. The minimum Gasteiger partial charge on any atom is -0.335 e. The highest BCUT2D eigenvalue weighted by Gasteiger charge is 2.06. The van der Waals surface area contributed by atoms with E-state index < -0.39 is 0 Å². The van der Waals surface area contributed by atoms with Gasteiger partial charge in [-0.05, 0) is 6.92 Å². The Morgan fingerprint density at radius 2 is 1.87 bits per heavy atom. The second-order valence-corrected chi connectivity index (χ2v) is 3.22. The standard InChI is InChI=1S/C10H10N4O/c1-6(15)10-13-5-9(14-10)8-3-11-7(2)12-4-8/h3-5H,1-2H3,(H,13,14). The molecular weight excluding hydrogens is 192 g/mol. The van der Waals surface area contributed by atoms with Gasteiger partial charge >= 0.3 is 0 Å². The Labute approximate surface area is 86.6 Å². The van der Waals surface area contributed by atoms with E-state index in [1.54, 1.807) is 18.6 Å². The summed E-state index contributed by atoms with van der Waals surface area (Å²) in [5.74, 6) is 0.977. The van der Waals surface area contributed by atoms with Gasteiger partial charge in [-0.1, -0.05) is 0 Å². The number of imidazole rings is 1. The number of carbonyl (C=O) groups excluding carboxylic acids is 1. The van der Waals surface area contributed by atoms with Crippen molar-refractivity contribution in [3.05, 3.63) is 30.2 Å². The predicted octanol–water partition coefficient (Wildman–Crippen LogP) is 1.38. The Bertz CT molecular complexity index is 486. The van der Waals surface area contributed by atoms with E-state index in [-0.39, 0.29) is 5.78 Å². The van der Waals surface area contributed by atoms with E-state index in [1.807, 2.05) is 6.92 Å². The first-order valence-corrected chi connectivity index (χ1v) is 4.52. The molecule has 0 saturated heterocycles. The van der Waals surface area contributed by atoms with Crippen LogP contribution in [-0.4, -0.2) is 25.7 Å². The molecule has 1 N–H and O–H groups in total. The van der Waals surface area contributed by atoms with Crippen LogP contribution in [0, 0.1) is 6.92 Å². The number of Topliss-reactive ketones (excluding diaryl/α,β-unsaturated/α-hetero) is 1. The summed E-state index contributed by atoms with van der Waals surface area (Å²) in [6.45, 7) is 3.28. The van der Waals surface area contributed by atoms with Crippen LogP contribution in [0.2, 0.25) is 0 Å². The third kappa shape index (κ3) is 1.90. The number of H-pyrrole nitrogens is 1. The third-order valence-electron chi connectivity index (χ3n) is 2.00. The molecule has 76 valence electrons. The molecule has 0 bridgehead atoms. The van der Waals surface area contributed by atoms with E-state index in [1.165, 1.54) is 6.92 Å². The number of nitrogens with one attached hydrogen (secondary N) is 1. The maximum Gasteiger partial charge on any atom is 0.194 e. The van der Waals surface area contributed by atoms with Gasteiger partial charge in [0.2, 0.25) is 0 Å². The number of hydrogen-bond acceptors (Lipinski definition) is 4. The lowest BCUT2D eigenvalue weighted by Gasteiger charge is -1.95. The van der Waals surface area contributed by atoms with Crippen molar-refractivity contribution in [1.82, 2.24) is 19.9 Å². The van der Waals surface area contributed by atoms with E-state index in [0.717, 1.165) is 11.3 Å². The van der Waals surface area contributed by atoms with E-state index in [4.69, 9.17) is 0 Å². The van der Waals surface area contributed by atoms with Crippen molar-refractivity contribution in [2.24, 2.45) is 0 Å². The van der Waals surface area contributed by atoms with Crippen LogP contribution in [0.25, 0.3) is 11.3 Å². The molecule has 0 amide bonds. The quantitative estimate of drug-likeness (QED) is 0.747. The van der Waals surface area contributed by atoms with Gasteiger partial charge in [0.1, 0.15) is 5.82 Å². The van der Waals surface area contributed by atoms with Crippen LogP contribution in [0.4, 0.5) is 0 Å². The van der Waals surface area contributed by atoms with Gasteiger partial charge < -0.3 is 4.98 Å². The first-order chi connectivity index (χ1) is 7.16. The fourth-order valence-corrected chi connectivity index (χ4v) is 1.18. The van der Waals surface area contributed by atoms with Crippen molar-refractivity contribution in [3.8, 4) is 11.3 Å². The molecule has 2 aromatic heterocycles. The minimum absolute atomic E-state index is 0.0886. The number of carbonyl (C=O) groups is 1. The molecule has 0 unspecified atom stereocenters. The largest absolute Gasteiger partial charge is 0.335 e. The molecule has 0 fully saturated rings. The fraction of sp³-hybridized carbons (Fsp3) is 0.200. The number of aromatic amines is 1. The Morgan fingerprint density at radius 1 is 1.20 bits per heavy atom. The molecule has 2 aromatic rings. The number of hydrogen-bond donors (Lipinski definition) is 1.